The molecule has 1 aromatic heterocycles. The maximum Gasteiger partial charge on any atom is 0.407 e. The van der Waals surface area contributed by atoms with Crippen molar-refractivity contribution in [2.45, 2.75) is 50.0 Å². The fourth-order valence-corrected chi connectivity index (χ4v) is 3.90. The molecule has 2 aliphatic rings. The average Bonchev–Trinajstić information content (AvgIpc) is 3.33. The van der Waals surface area contributed by atoms with Crippen molar-refractivity contribution in [1.82, 2.24) is 20.2 Å². The van der Waals surface area contributed by atoms with E-state index in [-0.39, 0.29) is 18.2 Å². The molecule has 1 fully saturated rings. The maximum absolute atomic E-state index is 11.7. The molecule has 1 amide bonds. The number of aromatic nitrogens is 2. The molecule has 1 unspecified atom stereocenters. The third-order valence-corrected chi connectivity index (χ3v) is 5.27. The first-order valence-corrected chi connectivity index (χ1v) is 9.82. The Hall–Kier alpha value is -2.23. The predicted molar refractivity (Wildman–Crippen MR) is 103 cm³/mol. The lowest BCUT2D eigenvalue weighted by Crippen LogP contribution is -2.33. The van der Waals surface area contributed by atoms with Crippen molar-refractivity contribution in [3.05, 3.63) is 35.5 Å². The summed E-state index contributed by atoms with van der Waals surface area (Å²) in [7, 11) is 0. The molecule has 3 heterocycles. The van der Waals surface area contributed by atoms with Gasteiger partial charge >= 0.3 is 6.09 Å². The van der Waals surface area contributed by atoms with Crippen molar-refractivity contribution in [3.8, 4) is 0 Å². The number of fused-ring (bicyclic) bond motifs is 1. The molecule has 1 aromatic carbocycles. The first kappa shape index (κ1) is 18.1. The van der Waals surface area contributed by atoms with Crippen molar-refractivity contribution >= 4 is 29.5 Å². The first-order chi connectivity index (χ1) is 13.1. The third-order valence-electron chi connectivity index (χ3n) is 4.36. The van der Waals surface area contributed by atoms with Crippen LogP contribution in [-0.2, 0) is 16.0 Å². The molecule has 4 rings (SSSR count). The minimum atomic E-state index is -0.407. The number of aromatic amines is 1. The van der Waals surface area contributed by atoms with Crippen LogP contribution in [0.25, 0.3) is 0 Å². The van der Waals surface area contributed by atoms with Gasteiger partial charge in [0.25, 0.3) is 0 Å². The summed E-state index contributed by atoms with van der Waals surface area (Å²) in [6, 6.07) is 8.24. The van der Waals surface area contributed by atoms with Crippen LogP contribution < -0.4 is 15.4 Å². The molecular weight excluding hydrogens is 366 g/mol. The lowest BCUT2D eigenvalue weighted by molar-refractivity contribution is 0.0682. The number of alkyl carbamates (subject to hydrolysis) is 1. The standard InChI is InChI=1S/C18H23N5O3S/c1-10(2)20-18(24)26-13-6-15(25-9-13)14-7-17(23-22-14)21-12-3-4-16-11(5-12)8-19-27-16/h3-5,7,10,13,15,19H,6,8-9H2,1-2H3,(H,20,24)(H2,21,22,23)/t13?,15-/m1/s1. The summed E-state index contributed by atoms with van der Waals surface area (Å²) in [5.74, 6) is 0.731. The van der Waals surface area contributed by atoms with Crippen LogP contribution in [0.5, 0.6) is 0 Å². The van der Waals surface area contributed by atoms with Crippen molar-refractivity contribution in [2.75, 3.05) is 11.9 Å². The summed E-state index contributed by atoms with van der Waals surface area (Å²) in [6.45, 7) is 5.03. The molecule has 9 heteroatoms. The van der Waals surface area contributed by atoms with E-state index in [1.54, 1.807) is 11.9 Å². The monoisotopic (exact) mass is 389 g/mol. The molecule has 2 aromatic rings. The topological polar surface area (TPSA) is 100 Å². The van der Waals surface area contributed by atoms with E-state index in [0.717, 1.165) is 23.7 Å². The Morgan fingerprint density at radius 3 is 3.15 bits per heavy atom. The second-order valence-corrected chi connectivity index (χ2v) is 7.90. The number of carbonyl (C=O) groups is 1. The highest BCUT2D eigenvalue weighted by Crippen LogP contribution is 2.32. The number of nitrogens with one attached hydrogen (secondary N) is 4. The second-order valence-electron chi connectivity index (χ2n) is 6.96. The number of H-pyrrole nitrogens is 1. The Labute approximate surface area is 161 Å². The van der Waals surface area contributed by atoms with Crippen molar-refractivity contribution in [2.24, 2.45) is 0 Å². The number of carbonyl (C=O) groups excluding carboxylic acids is 1. The van der Waals surface area contributed by atoms with Gasteiger partial charge in [0.05, 0.1) is 12.3 Å². The molecule has 0 saturated carbocycles. The van der Waals surface area contributed by atoms with Gasteiger partial charge < -0.3 is 20.1 Å². The molecule has 27 heavy (non-hydrogen) atoms. The van der Waals surface area contributed by atoms with Gasteiger partial charge in [-0.1, -0.05) is 0 Å². The summed E-state index contributed by atoms with van der Waals surface area (Å²) in [4.78, 5) is 13.0. The molecule has 4 N–H and O–H groups in total. The molecule has 1 saturated heterocycles. The van der Waals surface area contributed by atoms with Crippen LogP contribution in [0.1, 0.15) is 37.6 Å². The summed E-state index contributed by atoms with van der Waals surface area (Å²) in [6.07, 6.45) is -0.217. The normalized spacial score (nSPS) is 21.3. The summed E-state index contributed by atoms with van der Waals surface area (Å²) in [5.41, 5.74) is 3.14. The molecule has 8 nitrogen and oxygen atoms in total. The molecule has 144 valence electrons. The number of hydrogen-bond donors (Lipinski definition) is 4. The molecular formula is C18H23N5O3S. The minimum absolute atomic E-state index is 0.0467. The van der Waals surface area contributed by atoms with E-state index in [1.807, 2.05) is 26.0 Å². The van der Waals surface area contributed by atoms with Crippen LogP contribution in [0, 0.1) is 0 Å². The molecule has 2 atom stereocenters. The van der Waals surface area contributed by atoms with Gasteiger partial charge in [0.1, 0.15) is 12.2 Å². The van der Waals surface area contributed by atoms with E-state index in [1.165, 1.54) is 10.5 Å². The SMILES string of the molecule is CC(C)NC(=O)OC1CO[C@@H](c2cc(Nc3ccc4c(c3)CNS4)n[nH]2)C1. The Morgan fingerprint density at radius 1 is 1.41 bits per heavy atom. The zero-order valence-corrected chi connectivity index (χ0v) is 16.1. The number of rotatable bonds is 5. The van der Waals surface area contributed by atoms with Crippen molar-refractivity contribution in [1.29, 1.82) is 0 Å². The molecule has 0 spiro atoms. The lowest BCUT2D eigenvalue weighted by Gasteiger charge is -2.13. The zero-order chi connectivity index (χ0) is 18.8. The number of benzene rings is 1. The average molecular weight is 389 g/mol. The van der Waals surface area contributed by atoms with Crippen molar-refractivity contribution in [3.63, 3.8) is 0 Å². The number of amides is 1. The van der Waals surface area contributed by atoms with Gasteiger partial charge in [0.15, 0.2) is 5.82 Å². The highest BCUT2D eigenvalue weighted by molar-refractivity contribution is 7.97. The van der Waals surface area contributed by atoms with Gasteiger partial charge in [-0.3, -0.25) is 9.82 Å². The third kappa shape index (κ3) is 4.37. The summed E-state index contributed by atoms with van der Waals surface area (Å²) < 4.78 is 14.4. The summed E-state index contributed by atoms with van der Waals surface area (Å²) in [5, 5.41) is 13.4. The van der Waals surface area contributed by atoms with Crippen LogP contribution in [0.15, 0.2) is 29.2 Å². The highest BCUT2D eigenvalue weighted by atomic mass is 32.2. The number of nitrogens with zero attached hydrogens (tertiary/aromatic N) is 1. The van der Waals surface area contributed by atoms with Crippen LogP contribution in [0.3, 0.4) is 0 Å². The maximum atomic E-state index is 11.7. The van der Waals surface area contributed by atoms with Gasteiger partial charge in [0.2, 0.25) is 0 Å². The zero-order valence-electron chi connectivity index (χ0n) is 15.2. The van der Waals surface area contributed by atoms with E-state index in [9.17, 15) is 4.79 Å². The lowest BCUT2D eigenvalue weighted by atomic mass is 10.1. The van der Waals surface area contributed by atoms with Gasteiger partial charge in [0, 0.05) is 35.7 Å². The molecule has 2 aliphatic heterocycles. The minimum Gasteiger partial charge on any atom is -0.444 e. The van der Waals surface area contributed by atoms with E-state index < -0.39 is 6.09 Å². The van der Waals surface area contributed by atoms with E-state index in [4.69, 9.17) is 9.47 Å². The molecule has 0 bridgehead atoms. The van der Waals surface area contributed by atoms with E-state index in [2.05, 4.69) is 37.7 Å². The van der Waals surface area contributed by atoms with Crippen LogP contribution in [-0.4, -0.2) is 35.0 Å². The van der Waals surface area contributed by atoms with Gasteiger partial charge in [-0.2, -0.15) is 5.10 Å². The Balaban J connectivity index is 1.34. The van der Waals surface area contributed by atoms with Crippen LogP contribution in [0.2, 0.25) is 0 Å². The molecule has 0 radical (unpaired) electrons. The second kappa shape index (κ2) is 7.79. The Bertz CT molecular complexity index is 825. The van der Waals surface area contributed by atoms with Crippen LogP contribution >= 0.6 is 11.9 Å². The molecule has 0 aliphatic carbocycles. The number of hydrogen-bond acceptors (Lipinski definition) is 7. The fourth-order valence-electron chi connectivity index (χ4n) is 3.12. The Morgan fingerprint density at radius 2 is 2.30 bits per heavy atom. The largest absolute Gasteiger partial charge is 0.444 e. The highest BCUT2D eigenvalue weighted by Gasteiger charge is 2.31. The number of ether oxygens (including phenoxy) is 2. The van der Waals surface area contributed by atoms with E-state index >= 15 is 0 Å². The van der Waals surface area contributed by atoms with Gasteiger partial charge in [-0.25, -0.2) is 4.79 Å². The Kier molecular flexibility index (Phi) is 5.24. The summed E-state index contributed by atoms with van der Waals surface area (Å²) >= 11 is 1.65. The first-order valence-electron chi connectivity index (χ1n) is 9.00. The predicted octanol–water partition coefficient (Wildman–Crippen LogP) is 3.23. The van der Waals surface area contributed by atoms with Crippen molar-refractivity contribution < 1.29 is 14.3 Å². The number of anilines is 2. The quantitative estimate of drug-likeness (QED) is 0.583. The van der Waals surface area contributed by atoms with Gasteiger partial charge in [-0.15, -0.1) is 0 Å². The fraction of sp³-hybridized carbons (Fsp3) is 0.444. The van der Waals surface area contributed by atoms with E-state index in [0.29, 0.717) is 13.0 Å². The van der Waals surface area contributed by atoms with Crippen LogP contribution in [0.4, 0.5) is 16.3 Å². The smallest absolute Gasteiger partial charge is 0.407 e. The van der Waals surface area contributed by atoms with Gasteiger partial charge in [-0.05, 0) is 49.6 Å².